The molecule has 0 atom stereocenters. The minimum Gasteiger partial charge on any atom is -0.490 e. The Labute approximate surface area is 166 Å². The maximum atomic E-state index is 12.6. The van der Waals surface area contributed by atoms with Gasteiger partial charge in [-0.15, -0.1) is 6.58 Å². The van der Waals surface area contributed by atoms with Crippen molar-refractivity contribution < 1.29 is 19.1 Å². The van der Waals surface area contributed by atoms with Crippen molar-refractivity contribution in [3.8, 4) is 11.5 Å². The van der Waals surface area contributed by atoms with Crippen molar-refractivity contribution in [3.05, 3.63) is 40.4 Å². The molecule has 0 spiro atoms. The average Bonchev–Trinajstić information content (AvgIpc) is 2.58. The number of halogens is 1. The van der Waals surface area contributed by atoms with Crippen LogP contribution in [0.25, 0.3) is 6.08 Å². The molecule has 1 aliphatic rings. The molecule has 138 valence electrons. The van der Waals surface area contributed by atoms with Crippen molar-refractivity contribution >= 4 is 51.2 Å². The minimum atomic E-state index is -0.539. The molecular formula is C18H19BrN2O4S. The number of carbonyl (C=O) groups excluding carboxylic acids is 2. The average molecular weight is 439 g/mol. The van der Waals surface area contributed by atoms with Gasteiger partial charge in [-0.3, -0.25) is 19.8 Å². The van der Waals surface area contributed by atoms with Gasteiger partial charge >= 0.3 is 0 Å². The molecule has 0 saturated carbocycles. The van der Waals surface area contributed by atoms with Crippen molar-refractivity contribution in [2.45, 2.75) is 13.8 Å². The SMILES string of the molecule is C=CCN1C(=O)C(=Cc2cc(Br)c(OCC)c(OCC)c2)C(=O)NC1=S. The smallest absolute Gasteiger partial charge is 0.265 e. The van der Waals surface area contributed by atoms with Crippen LogP contribution in [-0.2, 0) is 9.59 Å². The van der Waals surface area contributed by atoms with E-state index in [4.69, 9.17) is 21.7 Å². The Hall–Kier alpha value is -2.19. The van der Waals surface area contributed by atoms with Gasteiger partial charge in [0.1, 0.15) is 5.57 Å². The normalized spacial score (nSPS) is 15.9. The topological polar surface area (TPSA) is 67.9 Å². The molecular weight excluding hydrogens is 420 g/mol. The van der Waals surface area contributed by atoms with Crippen LogP contribution in [0.4, 0.5) is 0 Å². The zero-order valence-corrected chi connectivity index (χ0v) is 16.9. The first-order valence-corrected chi connectivity index (χ1v) is 9.21. The van der Waals surface area contributed by atoms with E-state index in [0.717, 1.165) is 0 Å². The van der Waals surface area contributed by atoms with Crippen LogP contribution in [0.15, 0.2) is 34.8 Å². The van der Waals surface area contributed by atoms with Crippen molar-refractivity contribution in [2.75, 3.05) is 19.8 Å². The second-order valence-electron chi connectivity index (χ2n) is 5.22. The Balaban J connectivity index is 2.46. The summed E-state index contributed by atoms with van der Waals surface area (Å²) in [6.45, 7) is 8.48. The number of hydrogen-bond donors (Lipinski definition) is 1. The predicted octanol–water partition coefficient (Wildman–Crippen LogP) is 3.06. The van der Waals surface area contributed by atoms with Gasteiger partial charge in [0, 0.05) is 6.54 Å². The minimum absolute atomic E-state index is 0.0149. The zero-order valence-electron chi connectivity index (χ0n) is 14.5. The summed E-state index contributed by atoms with van der Waals surface area (Å²) < 4.78 is 11.9. The van der Waals surface area contributed by atoms with E-state index in [-0.39, 0.29) is 17.2 Å². The molecule has 0 aromatic heterocycles. The Morgan fingerprint density at radius 1 is 1.27 bits per heavy atom. The molecule has 1 heterocycles. The Kier molecular flexibility index (Phi) is 6.93. The fourth-order valence-corrected chi connectivity index (χ4v) is 3.20. The number of nitrogens with one attached hydrogen (secondary N) is 1. The number of carbonyl (C=O) groups is 2. The van der Waals surface area contributed by atoms with Gasteiger partial charge in [0.05, 0.1) is 17.7 Å². The Morgan fingerprint density at radius 2 is 1.96 bits per heavy atom. The molecule has 0 bridgehead atoms. The van der Waals surface area contributed by atoms with Gasteiger partial charge in [0.25, 0.3) is 11.8 Å². The summed E-state index contributed by atoms with van der Waals surface area (Å²) in [7, 11) is 0. The van der Waals surface area contributed by atoms with Crippen molar-refractivity contribution in [2.24, 2.45) is 0 Å². The van der Waals surface area contributed by atoms with Crippen molar-refractivity contribution in [1.29, 1.82) is 0 Å². The monoisotopic (exact) mass is 438 g/mol. The summed E-state index contributed by atoms with van der Waals surface area (Å²) in [6, 6.07) is 3.48. The largest absolute Gasteiger partial charge is 0.490 e. The van der Waals surface area contributed by atoms with Crippen LogP contribution in [-0.4, -0.2) is 41.6 Å². The summed E-state index contributed by atoms with van der Waals surface area (Å²) in [4.78, 5) is 26.1. The molecule has 6 nitrogen and oxygen atoms in total. The van der Waals surface area contributed by atoms with E-state index >= 15 is 0 Å². The fourth-order valence-electron chi connectivity index (χ4n) is 2.37. The first-order valence-electron chi connectivity index (χ1n) is 8.01. The third-order valence-electron chi connectivity index (χ3n) is 3.43. The second-order valence-corrected chi connectivity index (χ2v) is 6.46. The highest BCUT2D eigenvalue weighted by Gasteiger charge is 2.32. The van der Waals surface area contributed by atoms with Gasteiger partial charge in [-0.25, -0.2) is 0 Å². The molecule has 2 rings (SSSR count). The first-order chi connectivity index (χ1) is 12.4. The van der Waals surface area contributed by atoms with Gasteiger partial charge in [0.15, 0.2) is 16.6 Å². The molecule has 1 aliphatic heterocycles. The van der Waals surface area contributed by atoms with Crippen LogP contribution < -0.4 is 14.8 Å². The van der Waals surface area contributed by atoms with Crippen LogP contribution in [0.1, 0.15) is 19.4 Å². The second kappa shape index (κ2) is 8.95. The zero-order chi connectivity index (χ0) is 19.3. The van der Waals surface area contributed by atoms with Crippen molar-refractivity contribution in [1.82, 2.24) is 10.2 Å². The summed E-state index contributed by atoms with van der Waals surface area (Å²) >= 11 is 8.49. The highest BCUT2D eigenvalue weighted by atomic mass is 79.9. The molecule has 1 saturated heterocycles. The number of amides is 2. The molecule has 26 heavy (non-hydrogen) atoms. The Morgan fingerprint density at radius 3 is 2.58 bits per heavy atom. The van der Waals surface area contributed by atoms with E-state index in [9.17, 15) is 9.59 Å². The van der Waals surface area contributed by atoms with Gasteiger partial charge < -0.3 is 9.47 Å². The highest BCUT2D eigenvalue weighted by molar-refractivity contribution is 9.10. The predicted molar refractivity (Wildman–Crippen MR) is 107 cm³/mol. The number of nitrogens with zero attached hydrogens (tertiary/aromatic N) is 1. The fraction of sp³-hybridized carbons (Fsp3) is 0.278. The van der Waals surface area contributed by atoms with E-state index in [0.29, 0.717) is 34.7 Å². The number of ether oxygens (including phenoxy) is 2. The first kappa shape index (κ1) is 20.1. The van der Waals surface area contributed by atoms with Crippen molar-refractivity contribution in [3.63, 3.8) is 0 Å². The molecule has 0 aliphatic carbocycles. The standard InChI is InChI=1S/C18H19BrN2O4S/c1-4-7-21-17(23)12(16(22)20-18(21)26)8-11-9-13(19)15(25-6-3)14(10-11)24-5-2/h4,8-10H,1,5-7H2,2-3H3,(H,20,22,26). The van der Waals surface area contributed by atoms with Crippen LogP contribution in [0, 0.1) is 0 Å². The van der Waals surface area contributed by atoms with E-state index in [2.05, 4.69) is 27.8 Å². The summed E-state index contributed by atoms with van der Waals surface area (Å²) in [5.41, 5.74) is 0.604. The molecule has 2 amide bonds. The van der Waals surface area contributed by atoms with E-state index < -0.39 is 11.8 Å². The molecule has 1 aromatic rings. The lowest BCUT2D eigenvalue weighted by atomic mass is 10.1. The number of hydrogen-bond acceptors (Lipinski definition) is 5. The van der Waals surface area contributed by atoms with E-state index in [1.54, 1.807) is 18.2 Å². The quantitative estimate of drug-likeness (QED) is 0.306. The molecule has 1 aromatic carbocycles. The molecule has 1 fully saturated rings. The Bertz CT molecular complexity index is 792. The van der Waals surface area contributed by atoms with Crippen LogP contribution in [0.3, 0.4) is 0 Å². The lowest BCUT2D eigenvalue weighted by Gasteiger charge is -2.27. The van der Waals surface area contributed by atoms with Gasteiger partial charge in [-0.2, -0.15) is 0 Å². The van der Waals surface area contributed by atoms with Crippen LogP contribution in [0.2, 0.25) is 0 Å². The van der Waals surface area contributed by atoms with E-state index in [1.807, 2.05) is 13.8 Å². The lowest BCUT2D eigenvalue weighted by molar-refractivity contribution is -0.128. The lowest BCUT2D eigenvalue weighted by Crippen LogP contribution is -2.53. The van der Waals surface area contributed by atoms with E-state index in [1.165, 1.54) is 11.0 Å². The van der Waals surface area contributed by atoms with Gasteiger partial charge in [0.2, 0.25) is 0 Å². The third-order valence-corrected chi connectivity index (χ3v) is 4.34. The molecule has 0 radical (unpaired) electrons. The maximum absolute atomic E-state index is 12.6. The molecule has 0 unspecified atom stereocenters. The number of rotatable bonds is 7. The van der Waals surface area contributed by atoms with Gasteiger partial charge in [-0.05, 0) is 65.8 Å². The molecule has 8 heteroatoms. The summed E-state index contributed by atoms with van der Waals surface area (Å²) in [6.07, 6.45) is 3.04. The number of thiocarbonyl (C=S) groups is 1. The maximum Gasteiger partial charge on any atom is 0.265 e. The highest BCUT2D eigenvalue weighted by Crippen LogP contribution is 2.37. The number of benzene rings is 1. The summed E-state index contributed by atoms with van der Waals surface area (Å²) in [5, 5.41) is 2.58. The molecule has 1 N–H and O–H groups in total. The van der Waals surface area contributed by atoms with Crippen LogP contribution in [0.5, 0.6) is 11.5 Å². The van der Waals surface area contributed by atoms with Gasteiger partial charge in [-0.1, -0.05) is 6.08 Å². The third kappa shape index (κ3) is 4.31. The van der Waals surface area contributed by atoms with Crippen LogP contribution >= 0.6 is 28.1 Å². The summed E-state index contributed by atoms with van der Waals surface area (Å²) in [5.74, 6) is 0.0907.